The lowest BCUT2D eigenvalue weighted by Gasteiger charge is -2.21. The van der Waals surface area contributed by atoms with Gasteiger partial charge in [0, 0.05) is 37.3 Å². The maximum Gasteiger partial charge on any atom is 0.129 e. The molecule has 0 aliphatic heterocycles. The molecule has 0 spiro atoms. The third kappa shape index (κ3) is 5.33. The van der Waals surface area contributed by atoms with Crippen LogP contribution < -0.4 is 4.74 Å². The number of benzene rings is 2. The number of hydrogen-bond donors (Lipinski definition) is 1. The van der Waals surface area contributed by atoms with Crippen LogP contribution in [0.3, 0.4) is 0 Å². The Kier molecular flexibility index (Phi) is 7.46. The molecule has 0 saturated carbocycles. The first-order chi connectivity index (χ1) is 13.7. The van der Waals surface area contributed by atoms with Crippen LogP contribution in [0, 0.1) is 5.82 Å². The minimum atomic E-state index is -0.233. The number of ether oxygens (including phenoxy) is 2. The van der Waals surface area contributed by atoms with Crippen molar-refractivity contribution in [1.29, 1.82) is 0 Å². The van der Waals surface area contributed by atoms with Crippen molar-refractivity contribution in [2.75, 3.05) is 33.4 Å². The first kappa shape index (κ1) is 20.4. The van der Waals surface area contributed by atoms with Crippen LogP contribution in [-0.2, 0) is 17.8 Å². The van der Waals surface area contributed by atoms with Crippen molar-refractivity contribution in [2.45, 2.75) is 26.4 Å². The fourth-order valence-corrected chi connectivity index (χ4v) is 3.43. The number of aromatic nitrogens is 1. The molecule has 0 atom stereocenters. The van der Waals surface area contributed by atoms with Gasteiger partial charge < -0.3 is 19.4 Å². The molecule has 0 radical (unpaired) electrons. The predicted octanol–water partition coefficient (Wildman–Crippen LogP) is 4.79. The molecule has 3 rings (SSSR count). The maximum absolute atomic E-state index is 13.1. The van der Waals surface area contributed by atoms with E-state index in [0.29, 0.717) is 6.61 Å². The van der Waals surface area contributed by atoms with Gasteiger partial charge in [-0.1, -0.05) is 25.1 Å². The van der Waals surface area contributed by atoms with E-state index in [0.717, 1.165) is 61.3 Å². The fourth-order valence-electron chi connectivity index (χ4n) is 3.43. The number of hydrogen-bond acceptors (Lipinski definition) is 3. The Morgan fingerprint density at radius 3 is 2.61 bits per heavy atom. The molecule has 0 amide bonds. The summed E-state index contributed by atoms with van der Waals surface area (Å²) in [4.78, 5) is 5.80. The molecule has 0 saturated heterocycles. The van der Waals surface area contributed by atoms with Crippen molar-refractivity contribution in [3.63, 3.8) is 0 Å². The third-order valence-electron chi connectivity index (χ3n) is 4.91. The van der Waals surface area contributed by atoms with E-state index in [1.54, 1.807) is 19.2 Å². The summed E-state index contributed by atoms with van der Waals surface area (Å²) < 4.78 is 24.4. The highest BCUT2D eigenvalue weighted by atomic mass is 19.1. The van der Waals surface area contributed by atoms with Gasteiger partial charge in [0.1, 0.15) is 18.2 Å². The molecule has 0 fully saturated rings. The normalized spacial score (nSPS) is 11.4. The lowest BCUT2D eigenvalue weighted by atomic mass is 10.1. The molecule has 1 N–H and O–H groups in total. The summed E-state index contributed by atoms with van der Waals surface area (Å²) in [5.74, 6) is 0.626. The van der Waals surface area contributed by atoms with Gasteiger partial charge in [0.05, 0.1) is 6.61 Å². The summed E-state index contributed by atoms with van der Waals surface area (Å²) in [6, 6.07) is 12.5. The maximum atomic E-state index is 13.1. The van der Waals surface area contributed by atoms with Crippen molar-refractivity contribution in [2.24, 2.45) is 0 Å². The second kappa shape index (κ2) is 10.2. The number of nitrogens with one attached hydrogen (secondary N) is 1. The van der Waals surface area contributed by atoms with Gasteiger partial charge in [-0.3, -0.25) is 0 Å². The van der Waals surface area contributed by atoms with Crippen LogP contribution >= 0.6 is 0 Å². The minimum absolute atomic E-state index is 0.233. The third-order valence-corrected chi connectivity index (χ3v) is 4.91. The minimum Gasteiger partial charge on any atom is -0.488 e. The van der Waals surface area contributed by atoms with Crippen molar-refractivity contribution >= 4 is 10.9 Å². The number of rotatable bonds is 11. The zero-order valence-corrected chi connectivity index (χ0v) is 16.7. The number of aromatic amines is 1. The molecule has 0 unspecified atom stereocenters. The molecular weight excluding hydrogens is 355 g/mol. The molecule has 28 heavy (non-hydrogen) atoms. The quantitative estimate of drug-likeness (QED) is 0.517. The zero-order valence-electron chi connectivity index (χ0n) is 16.7. The average Bonchev–Trinajstić information content (AvgIpc) is 3.13. The van der Waals surface area contributed by atoms with E-state index < -0.39 is 0 Å². The number of halogens is 1. The largest absolute Gasteiger partial charge is 0.488 e. The molecule has 0 aliphatic carbocycles. The van der Waals surface area contributed by atoms with Gasteiger partial charge in [-0.15, -0.1) is 0 Å². The van der Waals surface area contributed by atoms with E-state index in [1.165, 1.54) is 17.7 Å². The van der Waals surface area contributed by atoms with Crippen LogP contribution in [0.5, 0.6) is 5.75 Å². The Labute approximate surface area is 166 Å². The van der Waals surface area contributed by atoms with Crippen LogP contribution in [0.4, 0.5) is 4.39 Å². The van der Waals surface area contributed by atoms with Gasteiger partial charge in [-0.25, -0.2) is 4.39 Å². The van der Waals surface area contributed by atoms with E-state index in [9.17, 15) is 4.39 Å². The Morgan fingerprint density at radius 2 is 1.86 bits per heavy atom. The van der Waals surface area contributed by atoms with Crippen molar-refractivity contribution in [3.05, 3.63) is 65.6 Å². The van der Waals surface area contributed by atoms with Crippen molar-refractivity contribution in [1.82, 2.24) is 9.88 Å². The van der Waals surface area contributed by atoms with Gasteiger partial charge in [-0.05, 0) is 54.8 Å². The average molecular weight is 384 g/mol. The molecule has 4 nitrogen and oxygen atoms in total. The van der Waals surface area contributed by atoms with Gasteiger partial charge in [0.15, 0.2) is 0 Å². The monoisotopic (exact) mass is 384 g/mol. The smallest absolute Gasteiger partial charge is 0.129 e. The lowest BCUT2D eigenvalue weighted by Crippen LogP contribution is -2.30. The number of H-pyrrole nitrogens is 1. The second-order valence-electron chi connectivity index (χ2n) is 6.99. The zero-order chi connectivity index (χ0) is 19.8. The molecule has 3 aromatic rings. The highest BCUT2D eigenvalue weighted by molar-refractivity contribution is 5.89. The molecule has 0 bridgehead atoms. The Hall–Kier alpha value is -2.37. The molecule has 1 aromatic heterocycles. The lowest BCUT2D eigenvalue weighted by molar-refractivity contribution is 0.148. The topological polar surface area (TPSA) is 37.5 Å². The Bertz CT molecular complexity index is 861. The number of fused-ring (bicyclic) bond motifs is 1. The number of methoxy groups -OCH3 is 1. The van der Waals surface area contributed by atoms with Crippen molar-refractivity contribution in [3.8, 4) is 5.75 Å². The van der Waals surface area contributed by atoms with E-state index in [1.807, 2.05) is 12.1 Å². The predicted molar refractivity (Wildman–Crippen MR) is 111 cm³/mol. The summed E-state index contributed by atoms with van der Waals surface area (Å²) >= 11 is 0. The molecule has 1 heterocycles. The van der Waals surface area contributed by atoms with Gasteiger partial charge >= 0.3 is 0 Å². The van der Waals surface area contributed by atoms with Crippen LogP contribution in [0.2, 0.25) is 0 Å². The Morgan fingerprint density at radius 1 is 1.04 bits per heavy atom. The second-order valence-corrected chi connectivity index (χ2v) is 6.99. The highest BCUT2D eigenvalue weighted by Gasteiger charge is 2.12. The van der Waals surface area contributed by atoms with E-state index in [-0.39, 0.29) is 5.82 Å². The van der Waals surface area contributed by atoms with Gasteiger partial charge in [0.25, 0.3) is 0 Å². The summed E-state index contributed by atoms with van der Waals surface area (Å²) in [7, 11) is 1.74. The fraction of sp³-hybridized carbons (Fsp3) is 0.391. The van der Waals surface area contributed by atoms with Crippen LogP contribution in [0.25, 0.3) is 10.9 Å². The molecule has 2 aromatic carbocycles. The van der Waals surface area contributed by atoms with Gasteiger partial charge in [0.2, 0.25) is 0 Å². The molecule has 0 aliphatic rings. The molecular formula is C23H29FN2O2. The number of nitrogens with zero attached hydrogens (tertiary/aromatic N) is 1. The Balaban J connectivity index is 1.71. The van der Waals surface area contributed by atoms with Crippen molar-refractivity contribution < 1.29 is 13.9 Å². The summed E-state index contributed by atoms with van der Waals surface area (Å²) in [6.07, 6.45) is 4.15. The summed E-state index contributed by atoms with van der Waals surface area (Å²) in [5, 5.41) is 1.13. The summed E-state index contributed by atoms with van der Waals surface area (Å²) in [5.41, 5.74) is 3.28. The summed E-state index contributed by atoms with van der Waals surface area (Å²) in [6.45, 7) is 6.36. The van der Waals surface area contributed by atoms with E-state index in [2.05, 4.69) is 29.1 Å². The first-order valence-electron chi connectivity index (χ1n) is 9.88. The van der Waals surface area contributed by atoms with Gasteiger partial charge in [-0.2, -0.15) is 0 Å². The van der Waals surface area contributed by atoms with Crippen LogP contribution in [0.15, 0.2) is 48.7 Å². The van der Waals surface area contributed by atoms with Crippen LogP contribution in [-0.4, -0.2) is 43.2 Å². The standard InChI is InChI=1S/C23H29FN2O2/c1-3-12-26(14-15-27-2)13-11-19-16-25-21-5-4-6-22(23(19)21)28-17-18-7-9-20(24)10-8-18/h4-10,16,25H,3,11-15,17H2,1-2H3. The van der Waals surface area contributed by atoms with Crippen LogP contribution in [0.1, 0.15) is 24.5 Å². The van der Waals surface area contributed by atoms with E-state index >= 15 is 0 Å². The SMILES string of the molecule is CCCN(CCOC)CCc1c[nH]c2cccc(OCc3ccc(F)cc3)c12. The molecule has 5 heteroatoms. The highest BCUT2D eigenvalue weighted by Crippen LogP contribution is 2.30. The van der Waals surface area contributed by atoms with E-state index in [4.69, 9.17) is 9.47 Å². The molecule has 150 valence electrons. The first-order valence-corrected chi connectivity index (χ1v) is 9.88.